The lowest BCUT2D eigenvalue weighted by Gasteiger charge is -1.97. The van der Waals surface area contributed by atoms with E-state index in [2.05, 4.69) is 9.97 Å². The molecule has 0 aromatic carbocycles. The van der Waals surface area contributed by atoms with Gasteiger partial charge in [-0.15, -0.1) is 0 Å². The third-order valence-corrected chi connectivity index (χ3v) is 1.93. The summed E-state index contributed by atoms with van der Waals surface area (Å²) >= 11 is 0. The van der Waals surface area contributed by atoms with Gasteiger partial charge in [0.15, 0.2) is 0 Å². The third-order valence-electron chi connectivity index (χ3n) is 1.31. The van der Waals surface area contributed by atoms with Crippen LogP contribution in [0.3, 0.4) is 0 Å². The maximum atomic E-state index is 10.4. The molecule has 3 N–H and O–H groups in total. The quantitative estimate of drug-likeness (QED) is 0.630. The molecule has 1 heterocycles. The highest BCUT2D eigenvalue weighted by molar-refractivity contribution is 7.84. The van der Waals surface area contributed by atoms with Crippen LogP contribution in [0, 0.1) is 0 Å². The molecule has 0 saturated heterocycles. The van der Waals surface area contributed by atoms with Crippen LogP contribution in [0.25, 0.3) is 0 Å². The van der Waals surface area contributed by atoms with Crippen molar-refractivity contribution in [3.8, 4) is 0 Å². The molecule has 1 aromatic heterocycles. The molecular formula is C6H9N3O3S. The van der Waals surface area contributed by atoms with Crippen molar-refractivity contribution < 1.29 is 13.0 Å². The molecule has 0 aliphatic carbocycles. The Balaban J connectivity index is 2.81. The summed E-state index contributed by atoms with van der Waals surface area (Å²) in [5.74, 6) is -0.516. The van der Waals surface area contributed by atoms with E-state index in [1.807, 2.05) is 0 Å². The van der Waals surface area contributed by atoms with Crippen LogP contribution in [0.15, 0.2) is 12.4 Å². The van der Waals surface area contributed by atoms with Crippen molar-refractivity contribution in [2.75, 3.05) is 0 Å². The second kappa shape index (κ2) is 3.77. The smallest absolute Gasteiger partial charge is 0.272 e. The fourth-order valence-corrected chi connectivity index (χ4v) is 1.20. The van der Waals surface area contributed by atoms with E-state index in [1.54, 1.807) is 0 Å². The van der Waals surface area contributed by atoms with Crippen molar-refractivity contribution in [2.24, 2.45) is 5.73 Å². The van der Waals surface area contributed by atoms with Crippen LogP contribution in [-0.4, -0.2) is 22.9 Å². The van der Waals surface area contributed by atoms with E-state index in [0.29, 0.717) is 12.1 Å². The average Bonchev–Trinajstić information content (AvgIpc) is 2.03. The lowest BCUT2D eigenvalue weighted by Crippen LogP contribution is -2.07. The van der Waals surface area contributed by atoms with Crippen LogP contribution in [0.1, 0.15) is 11.4 Å². The Morgan fingerprint density at radius 3 is 2.31 bits per heavy atom. The second-order valence-electron chi connectivity index (χ2n) is 2.44. The highest BCUT2D eigenvalue weighted by Crippen LogP contribution is 1.98. The molecule has 6 nitrogen and oxygen atoms in total. The summed E-state index contributed by atoms with van der Waals surface area (Å²) in [6, 6.07) is 0. The normalized spacial score (nSPS) is 11.5. The van der Waals surface area contributed by atoms with Gasteiger partial charge in [-0.3, -0.25) is 4.55 Å². The Labute approximate surface area is 75.6 Å². The van der Waals surface area contributed by atoms with Gasteiger partial charge in [0.25, 0.3) is 10.1 Å². The van der Waals surface area contributed by atoms with Gasteiger partial charge in [-0.05, 0) is 0 Å². The molecule has 0 unspecified atom stereocenters. The molecule has 0 atom stereocenters. The summed E-state index contributed by atoms with van der Waals surface area (Å²) in [6.07, 6.45) is 2.85. The van der Waals surface area contributed by atoms with Gasteiger partial charge in [0.05, 0.1) is 0 Å². The molecule has 0 aliphatic rings. The standard InChI is InChI=1S/C6H9N3O3S/c7-1-5-2-8-6(9-3-5)4-13(10,11)12/h2-3H,1,4,7H2,(H,10,11,12). The summed E-state index contributed by atoms with van der Waals surface area (Å²) < 4.78 is 29.3. The van der Waals surface area contributed by atoms with Crippen molar-refractivity contribution in [1.29, 1.82) is 0 Å². The molecule has 0 spiro atoms. The SMILES string of the molecule is NCc1cnc(CS(=O)(=O)O)nc1. The zero-order chi connectivity index (χ0) is 9.90. The van der Waals surface area contributed by atoms with Crippen LogP contribution in [0.5, 0.6) is 0 Å². The molecular weight excluding hydrogens is 194 g/mol. The fourth-order valence-electron chi connectivity index (χ4n) is 0.725. The highest BCUT2D eigenvalue weighted by Gasteiger charge is 2.08. The number of rotatable bonds is 3. The van der Waals surface area contributed by atoms with Crippen molar-refractivity contribution in [3.05, 3.63) is 23.8 Å². The van der Waals surface area contributed by atoms with Crippen molar-refractivity contribution >= 4 is 10.1 Å². The zero-order valence-corrected chi connectivity index (χ0v) is 7.53. The van der Waals surface area contributed by atoms with Crippen LogP contribution in [-0.2, 0) is 22.4 Å². The predicted octanol–water partition coefficient (Wildman–Crippen LogP) is -0.677. The van der Waals surface area contributed by atoms with E-state index in [1.165, 1.54) is 12.4 Å². The lowest BCUT2D eigenvalue weighted by atomic mass is 10.3. The minimum atomic E-state index is -4.05. The van der Waals surface area contributed by atoms with Gasteiger partial charge < -0.3 is 5.73 Å². The third kappa shape index (κ3) is 3.45. The Bertz CT molecular complexity index is 373. The summed E-state index contributed by atoms with van der Waals surface area (Å²) in [5.41, 5.74) is 5.99. The van der Waals surface area contributed by atoms with Crippen LogP contribution >= 0.6 is 0 Å². The molecule has 7 heteroatoms. The first kappa shape index (κ1) is 10.0. The highest BCUT2D eigenvalue weighted by atomic mass is 32.2. The second-order valence-corrected chi connectivity index (χ2v) is 3.89. The summed E-state index contributed by atoms with van der Waals surface area (Å²) in [5, 5.41) is 0. The van der Waals surface area contributed by atoms with Crippen LogP contribution < -0.4 is 5.73 Å². The summed E-state index contributed by atoms with van der Waals surface area (Å²) in [7, 11) is -4.05. The molecule has 72 valence electrons. The topological polar surface area (TPSA) is 106 Å². The molecule has 0 fully saturated rings. The Morgan fingerprint density at radius 1 is 1.38 bits per heavy atom. The van der Waals surface area contributed by atoms with Crippen molar-refractivity contribution in [1.82, 2.24) is 9.97 Å². The largest absolute Gasteiger partial charge is 0.326 e. The fraction of sp³-hybridized carbons (Fsp3) is 0.333. The number of aromatic nitrogens is 2. The zero-order valence-electron chi connectivity index (χ0n) is 6.71. The number of nitrogens with zero attached hydrogens (tertiary/aromatic N) is 2. The van der Waals surface area contributed by atoms with E-state index in [-0.39, 0.29) is 5.82 Å². The molecule has 0 bridgehead atoms. The Kier molecular flexibility index (Phi) is 2.91. The van der Waals surface area contributed by atoms with Gasteiger partial charge in [-0.2, -0.15) is 8.42 Å². The molecule has 0 aliphatic heterocycles. The van der Waals surface area contributed by atoms with Crippen molar-refractivity contribution in [3.63, 3.8) is 0 Å². The van der Waals surface area contributed by atoms with Gasteiger partial charge in [0.2, 0.25) is 0 Å². The first-order valence-electron chi connectivity index (χ1n) is 3.46. The molecule has 13 heavy (non-hydrogen) atoms. The lowest BCUT2D eigenvalue weighted by molar-refractivity contribution is 0.480. The molecule has 0 saturated carbocycles. The maximum Gasteiger partial charge on any atom is 0.272 e. The number of hydrogen-bond donors (Lipinski definition) is 2. The number of nitrogens with two attached hydrogens (primary N) is 1. The predicted molar refractivity (Wildman–Crippen MR) is 45.2 cm³/mol. The summed E-state index contributed by atoms with van der Waals surface area (Å²) in [6.45, 7) is 0.298. The number of hydrogen-bond acceptors (Lipinski definition) is 5. The van der Waals surface area contributed by atoms with Gasteiger partial charge in [0, 0.05) is 24.5 Å². The van der Waals surface area contributed by atoms with E-state index in [9.17, 15) is 8.42 Å². The first-order chi connectivity index (χ1) is 6.01. The molecule has 1 rings (SSSR count). The minimum Gasteiger partial charge on any atom is -0.326 e. The van der Waals surface area contributed by atoms with E-state index in [4.69, 9.17) is 10.3 Å². The minimum absolute atomic E-state index is 0.0553. The van der Waals surface area contributed by atoms with E-state index in [0.717, 1.165) is 0 Å². The first-order valence-corrected chi connectivity index (χ1v) is 5.07. The molecule has 0 amide bonds. The monoisotopic (exact) mass is 203 g/mol. The van der Waals surface area contributed by atoms with Crippen LogP contribution in [0.2, 0.25) is 0 Å². The van der Waals surface area contributed by atoms with Gasteiger partial charge in [-0.25, -0.2) is 9.97 Å². The van der Waals surface area contributed by atoms with Gasteiger partial charge in [0.1, 0.15) is 11.6 Å². The average molecular weight is 203 g/mol. The Hall–Kier alpha value is -1.05. The summed E-state index contributed by atoms with van der Waals surface area (Å²) in [4.78, 5) is 7.41. The van der Waals surface area contributed by atoms with Gasteiger partial charge >= 0.3 is 0 Å². The van der Waals surface area contributed by atoms with Crippen molar-refractivity contribution in [2.45, 2.75) is 12.3 Å². The maximum absolute atomic E-state index is 10.4. The van der Waals surface area contributed by atoms with Crippen LogP contribution in [0.4, 0.5) is 0 Å². The molecule has 0 radical (unpaired) electrons. The van der Waals surface area contributed by atoms with Gasteiger partial charge in [-0.1, -0.05) is 0 Å². The van der Waals surface area contributed by atoms with E-state index < -0.39 is 15.9 Å². The molecule has 1 aromatic rings. The van der Waals surface area contributed by atoms with E-state index >= 15 is 0 Å². The Morgan fingerprint density at radius 2 is 1.92 bits per heavy atom.